The average molecular weight is 182 g/mol. The summed E-state index contributed by atoms with van der Waals surface area (Å²) in [5.41, 5.74) is 0. The maximum Gasteiger partial charge on any atom is 0.303 e. The first kappa shape index (κ1) is 8.25. The predicted octanol–water partition coefficient (Wildman–Crippen LogP) is 0.0198. The van der Waals surface area contributed by atoms with Crippen molar-refractivity contribution in [1.82, 2.24) is 4.98 Å². The topological polar surface area (TPSA) is 66.6 Å². The molecule has 2 heterocycles. The van der Waals surface area contributed by atoms with E-state index in [0.717, 1.165) is 0 Å². The minimum absolute atomic E-state index is 0.0133. The van der Waals surface area contributed by atoms with Crippen LogP contribution < -0.4 is 4.90 Å². The Kier molecular flexibility index (Phi) is 2.02. The summed E-state index contributed by atoms with van der Waals surface area (Å²) in [6.07, 6.45) is 3.29. The molecular weight excluding hydrogens is 172 g/mol. The van der Waals surface area contributed by atoms with Gasteiger partial charge in [0.1, 0.15) is 6.26 Å². The van der Waals surface area contributed by atoms with Gasteiger partial charge in [-0.25, -0.2) is 4.98 Å². The van der Waals surface area contributed by atoms with Crippen LogP contribution in [0.2, 0.25) is 0 Å². The molecule has 5 nitrogen and oxygen atoms in total. The monoisotopic (exact) mass is 182 g/mol. The van der Waals surface area contributed by atoms with Crippen molar-refractivity contribution in [2.24, 2.45) is 5.92 Å². The third-order valence-electron chi connectivity index (χ3n) is 2.11. The number of carbonyl (C=O) groups is 1. The van der Waals surface area contributed by atoms with Crippen LogP contribution in [-0.4, -0.2) is 29.1 Å². The summed E-state index contributed by atoms with van der Waals surface area (Å²) in [6, 6.07) is 0.320. The maximum absolute atomic E-state index is 11.4. The van der Waals surface area contributed by atoms with Gasteiger partial charge in [-0.1, -0.05) is 0 Å². The number of aliphatic hydroxyl groups excluding tert-OH is 1. The number of amides is 1. The molecule has 0 radical (unpaired) electrons. The van der Waals surface area contributed by atoms with Crippen molar-refractivity contribution in [3.63, 3.8) is 0 Å². The van der Waals surface area contributed by atoms with E-state index in [1.165, 1.54) is 17.4 Å². The molecule has 1 aliphatic heterocycles. The smallest absolute Gasteiger partial charge is 0.303 e. The molecular formula is C8H10N2O3. The molecule has 5 heteroatoms. The van der Waals surface area contributed by atoms with Crippen molar-refractivity contribution in [2.45, 2.75) is 6.42 Å². The molecule has 1 saturated heterocycles. The fourth-order valence-electron chi connectivity index (χ4n) is 1.44. The van der Waals surface area contributed by atoms with Crippen LogP contribution in [0.4, 0.5) is 6.01 Å². The van der Waals surface area contributed by atoms with Gasteiger partial charge >= 0.3 is 6.01 Å². The molecule has 13 heavy (non-hydrogen) atoms. The molecule has 1 unspecified atom stereocenters. The maximum atomic E-state index is 11.4. The molecule has 1 aromatic rings. The van der Waals surface area contributed by atoms with Gasteiger partial charge in [-0.2, -0.15) is 0 Å². The Morgan fingerprint density at radius 1 is 1.77 bits per heavy atom. The first-order valence-corrected chi connectivity index (χ1v) is 4.12. The van der Waals surface area contributed by atoms with Crippen molar-refractivity contribution >= 4 is 11.9 Å². The van der Waals surface area contributed by atoms with Gasteiger partial charge in [-0.3, -0.25) is 9.69 Å². The van der Waals surface area contributed by atoms with Crippen LogP contribution in [-0.2, 0) is 4.79 Å². The summed E-state index contributed by atoms with van der Waals surface area (Å²) in [6.45, 7) is 0.527. The number of aromatic nitrogens is 1. The van der Waals surface area contributed by atoms with Crippen LogP contribution in [0.3, 0.4) is 0 Å². The van der Waals surface area contributed by atoms with Gasteiger partial charge < -0.3 is 9.52 Å². The lowest BCUT2D eigenvalue weighted by atomic mass is 10.1. The lowest BCUT2D eigenvalue weighted by Gasteiger charge is -2.09. The van der Waals surface area contributed by atoms with Crippen molar-refractivity contribution in [1.29, 1.82) is 0 Å². The Morgan fingerprint density at radius 2 is 2.62 bits per heavy atom. The van der Waals surface area contributed by atoms with E-state index >= 15 is 0 Å². The summed E-state index contributed by atoms with van der Waals surface area (Å²) in [5.74, 6) is -0.0269. The molecule has 1 aliphatic rings. The molecule has 1 atom stereocenters. The number of hydrogen-bond acceptors (Lipinski definition) is 4. The molecule has 0 aliphatic carbocycles. The van der Waals surface area contributed by atoms with Gasteiger partial charge in [0.05, 0.1) is 6.20 Å². The quantitative estimate of drug-likeness (QED) is 0.700. The minimum atomic E-state index is -0.0403. The van der Waals surface area contributed by atoms with E-state index in [-0.39, 0.29) is 18.4 Å². The van der Waals surface area contributed by atoms with E-state index < -0.39 is 0 Å². The lowest BCUT2D eigenvalue weighted by molar-refractivity contribution is -0.117. The van der Waals surface area contributed by atoms with E-state index in [4.69, 9.17) is 9.52 Å². The van der Waals surface area contributed by atoms with E-state index in [9.17, 15) is 4.79 Å². The molecule has 1 amide bonds. The normalized spacial score (nSPS) is 22.7. The van der Waals surface area contributed by atoms with Crippen molar-refractivity contribution in [2.75, 3.05) is 18.1 Å². The number of anilines is 1. The van der Waals surface area contributed by atoms with E-state index in [1.54, 1.807) is 0 Å². The lowest BCUT2D eigenvalue weighted by Crippen LogP contribution is -2.25. The molecule has 70 valence electrons. The molecule has 1 fully saturated rings. The van der Waals surface area contributed by atoms with Gasteiger partial charge in [0.25, 0.3) is 0 Å². The molecule has 0 saturated carbocycles. The zero-order chi connectivity index (χ0) is 9.26. The van der Waals surface area contributed by atoms with E-state index in [0.29, 0.717) is 19.0 Å². The molecule has 0 aromatic carbocycles. The Morgan fingerprint density at radius 3 is 3.15 bits per heavy atom. The highest BCUT2D eigenvalue weighted by atomic mass is 16.4. The minimum Gasteiger partial charge on any atom is -0.432 e. The van der Waals surface area contributed by atoms with Gasteiger partial charge in [-0.05, 0) is 0 Å². The third-order valence-corrected chi connectivity index (χ3v) is 2.11. The number of aliphatic hydroxyl groups is 1. The largest absolute Gasteiger partial charge is 0.432 e. The zero-order valence-corrected chi connectivity index (χ0v) is 7.01. The molecule has 1 N–H and O–H groups in total. The predicted molar refractivity (Wildman–Crippen MR) is 44.0 cm³/mol. The first-order valence-electron chi connectivity index (χ1n) is 4.12. The SMILES string of the molecule is O=C1CC(CO)CN1c1ncco1. The summed E-state index contributed by atoms with van der Waals surface area (Å²) < 4.78 is 4.99. The second-order valence-electron chi connectivity index (χ2n) is 3.07. The van der Waals surface area contributed by atoms with Gasteiger partial charge in [-0.15, -0.1) is 0 Å². The van der Waals surface area contributed by atoms with Crippen molar-refractivity contribution in [3.8, 4) is 0 Å². The summed E-state index contributed by atoms with van der Waals surface area (Å²) >= 11 is 0. The number of hydrogen-bond donors (Lipinski definition) is 1. The third kappa shape index (κ3) is 1.42. The Bertz CT molecular complexity index is 296. The molecule has 2 rings (SSSR count). The highest BCUT2D eigenvalue weighted by Crippen LogP contribution is 2.22. The van der Waals surface area contributed by atoms with Gasteiger partial charge in [0.15, 0.2) is 0 Å². The number of oxazole rings is 1. The zero-order valence-electron chi connectivity index (χ0n) is 7.01. The van der Waals surface area contributed by atoms with E-state index in [1.807, 2.05) is 0 Å². The Labute approximate surface area is 75.0 Å². The summed E-state index contributed by atoms with van der Waals surface area (Å²) in [5, 5.41) is 8.87. The molecule has 1 aromatic heterocycles. The second-order valence-corrected chi connectivity index (χ2v) is 3.07. The summed E-state index contributed by atoms with van der Waals surface area (Å²) in [4.78, 5) is 16.7. The average Bonchev–Trinajstić information content (AvgIpc) is 2.72. The van der Waals surface area contributed by atoms with E-state index in [2.05, 4.69) is 4.98 Å². The summed E-state index contributed by atoms with van der Waals surface area (Å²) in [7, 11) is 0. The van der Waals surface area contributed by atoms with Crippen LogP contribution in [0.25, 0.3) is 0 Å². The van der Waals surface area contributed by atoms with Crippen LogP contribution in [0.1, 0.15) is 6.42 Å². The van der Waals surface area contributed by atoms with Crippen LogP contribution in [0.15, 0.2) is 16.9 Å². The highest BCUT2D eigenvalue weighted by Gasteiger charge is 2.32. The second kappa shape index (κ2) is 3.18. The first-order chi connectivity index (χ1) is 6.31. The number of nitrogens with zero attached hydrogens (tertiary/aromatic N) is 2. The van der Waals surface area contributed by atoms with Crippen molar-refractivity contribution < 1.29 is 14.3 Å². The molecule has 0 spiro atoms. The van der Waals surface area contributed by atoms with Gasteiger partial charge in [0.2, 0.25) is 5.91 Å². The fraction of sp³-hybridized carbons (Fsp3) is 0.500. The van der Waals surface area contributed by atoms with Crippen LogP contribution in [0.5, 0.6) is 0 Å². The standard InChI is InChI=1S/C8H10N2O3/c11-5-6-3-7(12)10(4-6)8-9-1-2-13-8/h1-2,6,11H,3-5H2. The Balaban J connectivity index is 2.14. The van der Waals surface area contributed by atoms with Crippen LogP contribution in [0, 0.1) is 5.92 Å². The van der Waals surface area contributed by atoms with Crippen LogP contribution >= 0.6 is 0 Å². The van der Waals surface area contributed by atoms with Gasteiger partial charge in [0, 0.05) is 25.5 Å². The van der Waals surface area contributed by atoms with Crippen molar-refractivity contribution in [3.05, 3.63) is 12.5 Å². The molecule has 0 bridgehead atoms. The fourth-order valence-corrected chi connectivity index (χ4v) is 1.44. The number of carbonyl (C=O) groups excluding carboxylic acids is 1. The Hall–Kier alpha value is -1.36. The highest BCUT2D eigenvalue weighted by molar-refractivity contribution is 5.93. The number of rotatable bonds is 2.